The number of nitro benzene ring substituents is 1. The van der Waals surface area contributed by atoms with Gasteiger partial charge in [0.2, 0.25) is 0 Å². The SMILES string of the molecule is CNc1ccc(C=Cc2ccc(NC)cc2[N+](=O)[O-])cc1. The van der Waals surface area contributed by atoms with E-state index >= 15 is 0 Å². The predicted molar refractivity (Wildman–Crippen MR) is 87.6 cm³/mol. The Kier molecular flexibility index (Phi) is 4.56. The second-order valence-corrected chi connectivity index (χ2v) is 4.49. The van der Waals surface area contributed by atoms with Crippen molar-refractivity contribution in [3.8, 4) is 0 Å². The number of benzene rings is 2. The molecule has 0 aliphatic heterocycles. The molecule has 2 aromatic carbocycles. The zero-order valence-electron chi connectivity index (χ0n) is 12.0. The molecule has 2 rings (SSSR count). The van der Waals surface area contributed by atoms with Gasteiger partial charge in [-0.25, -0.2) is 0 Å². The van der Waals surface area contributed by atoms with Crippen LogP contribution < -0.4 is 10.6 Å². The second-order valence-electron chi connectivity index (χ2n) is 4.49. The van der Waals surface area contributed by atoms with Crippen LogP contribution in [0.25, 0.3) is 12.2 Å². The first-order valence-corrected chi connectivity index (χ1v) is 6.56. The quantitative estimate of drug-likeness (QED) is 0.497. The summed E-state index contributed by atoms with van der Waals surface area (Å²) in [7, 11) is 3.59. The summed E-state index contributed by atoms with van der Waals surface area (Å²) in [5.41, 5.74) is 3.40. The first-order valence-electron chi connectivity index (χ1n) is 6.56. The van der Waals surface area contributed by atoms with Crippen molar-refractivity contribution in [3.05, 3.63) is 63.7 Å². The lowest BCUT2D eigenvalue weighted by molar-refractivity contribution is -0.385. The minimum absolute atomic E-state index is 0.0879. The third kappa shape index (κ3) is 3.60. The molecule has 0 saturated heterocycles. The number of hydrogen-bond donors (Lipinski definition) is 2. The average molecular weight is 283 g/mol. The minimum atomic E-state index is -0.370. The second kappa shape index (κ2) is 6.56. The Morgan fingerprint density at radius 2 is 1.57 bits per heavy atom. The van der Waals surface area contributed by atoms with Crippen LogP contribution in [0.2, 0.25) is 0 Å². The number of nitro groups is 1. The van der Waals surface area contributed by atoms with Crippen molar-refractivity contribution in [1.82, 2.24) is 0 Å². The zero-order chi connectivity index (χ0) is 15.2. The summed E-state index contributed by atoms with van der Waals surface area (Å²) in [4.78, 5) is 10.7. The van der Waals surface area contributed by atoms with E-state index in [1.165, 1.54) is 6.07 Å². The fraction of sp³-hybridized carbons (Fsp3) is 0.125. The maximum Gasteiger partial charge on any atom is 0.278 e. The van der Waals surface area contributed by atoms with E-state index in [9.17, 15) is 10.1 Å². The maximum atomic E-state index is 11.1. The smallest absolute Gasteiger partial charge is 0.278 e. The number of rotatable bonds is 5. The molecule has 0 bridgehead atoms. The van der Waals surface area contributed by atoms with Gasteiger partial charge in [-0.1, -0.05) is 18.2 Å². The average Bonchev–Trinajstić information content (AvgIpc) is 2.53. The van der Waals surface area contributed by atoms with Gasteiger partial charge in [0, 0.05) is 31.5 Å². The zero-order valence-corrected chi connectivity index (χ0v) is 12.0. The van der Waals surface area contributed by atoms with E-state index in [-0.39, 0.29) is 10.6 Å². The molecule has 0 amide bonds. The lowest BCUT2D eigenvalue weighted by Gasteiger charge is -2.03. The minimum Gasteiger partial charge on any atom is -0.388 e. The van der Waals surface area contributed by atoms with Gasteiger partial charge in [-0.2, -0.15) is 0 Å². The lowest BCUT2D eigenvalue weighted by Crippen LogP contribution is -1.94. The molecular formula is C16H17N3O2. The Hall–Kier alpha value is -2.82. The first kappa shape index (κ1) is 14.6. The van der Waals surface area contributed by atoms with E-state index in [1.54, 1.807) is 19.2 Å². The number of hydrogen-bond acceptors (Lipinski definition) is 4. The van der Waals surface area contributed by atoms with Crippen molar-refractivity contribution < 1.29 is 4.92 Å². The predicted octanol–water partition coefficient (Wildman–Crippen LogP) is 3.85. The third-order valence-electron chi connectivity index (χ3n) is 3.17. The highest BCUT2D eigenvalue weighted by molar-refractivity contribution is 5.76. The van der Waals surface area contributed by atoms with E-state index in [2.05, 4.69) is 10.6 Å². The highest BCUT2D eigenvalue weighted by atomic mass is 16.6. The van der Waals surface area contributed by atoms with Crippen LogP contribution in [0.3, 0.4) is 0 Å². The molecule has 0 radical (unpaired) electrons. The summed E-state index contributed by atoms with van der Waals surface area (Å²) >= 11 is 0. The van der Waals surface area contributed by atoms with E-state index < -0.39 is 0 Å². The van der Waals surface area contributed by atoms with Crippen molar-refractivity contribution >= 4 is 29.2 Å². The van der Waals surface area contributed by atoms with Crippen molar-refractivity contribution in [2.45, 2.75) is 0 Å². The van der Waals surface area contributed by atoms with Gasteiger partial charge in [0.15, 0.2) is 0 Å². The Labute approximate surface area is 123 Å². The number of nitrogens with zero attached hydrogens (tertiary/aromatic N) is 1. The molecule has 2 N–H and O–H groups in total. The Balaban J connectivity index is 2.29. The summed E-state index contributed by atoms with van der Waals surface area (Å²) < 4.78 is 0. The summed E-state index contributed by atoms with van der Waals surface area (Å²) in [5, 5.41) is 17.1. The normalized spacial score (nSPS) is 10.6. The molecule has 0 atom stereocenters. The van der Waals surface area contributed by atoms with Gasteiger partial charge in [0.1, 0.15) is 0 Å². The van der Waals surface area contributed by atoms with Crippen LogP contribution in [-0.2, 0) is 0 Å². The van der Waals surface area contributed by atoms with Crippen molar-refractivity contribution in [2.75, 3.05) is 24.7 Å². The molecular weight excluding hydrogens is 266 g/mol. The van der Waals surface area contributed by atoms with Crippen molar-refractivity contribution in [3.63, 3.8) is 0 Å². The van der Waals surface area contributed by atoms with Crippen LogP contribution in [0.4, 0.5) is 17.1 Å². The van der Waals surface area contributed by atoms with Gasteiger partial charge in [-0.15, -0.1) is 0 Å². The van der Waals surface area contributed by atoms with Gasteiger partial charge >= 0.3 is 0 Å². The molecule has 2 aromatic rings. The summed E-state index contributed by atoms with van der Waals surface area (Å²) in [6.45, 7) is 0. The van der Waals surface area contributed by atoms with Gasteiger partial charge in [-0.3, -0.25) is 10.1 Å². The van der Waals surface area contributed by atoms with Crippen LogP contribution in [0, 0.1) is 10.1 Å². The summed E-state index contributed by atoms with van der Waals surface area (Å²) in [6, 6.07) is 12.9. The highest BCUT2D eigenvalue weighted by Gasteiger charge is 2.11. The molecule has 5 nitrogen and oxygen atoms in total. The van der Waals surface area contributed by atoms with E-state index in [0.717, 1.165) is 16.9 Å². The van der Waals surface area contributed by atoms with Gasteiger partial charge in [-0.05, 0) is 35.9 Å². The summed E-state index contributed by atoms with van der Waals surface area (Å²) in [5.74, 6) is 0. The van der Waals surface area contributed by atoms with Gasteiger partial charge in [0.25, 0.3) is 5.69 Å². The Morgan fingerprint density at radius 1 is 0.952 bits per heavy atom. The maximum absolute atomic E-state index is 11.1. The molecule has 5 heteroatoms. The number of anilines is 2. The largest absolute Gasteiger partial charge is 0.388 e. The molecule has 0 aliphatic rings. The topological polar surface area (TPSA) is 67.2 Å². The molecule has 0 spiro atoms. The monoisotopic (exact) mass is 283 g/mol. The number of nitrogens with one attached hydrogen (secondary N) is 2. The standard InChI is InChI=1S/C16H17N3O2/c1-17-14-8-4-12(5-9-14)3-6-13-7-10-15(18-2)11-16(13)19(20)21/h3-11,17-18H,1-2H3. The van der Waals surface area contributed by atoms with Crippen LogP contribution in [0.5, 0.6) is 0 Å². The highest BCUT2D eigenvalue weighted by Crippen LogP contribution is 2.25. The van der Waals surface area contributed by atoms with Crippen LogP contribution in [-0.4, -0.2) is 19.0 Å². The molecule has 21 heavy (non-hydrogen) atoms. The molecule has 0 saturated carbocycles. The summed E-state index contributed by atoms with van der Waals surface area (Å²) in [6.07, 6.45) is 3.62. The Morgan fingerprint density at radius 3 is 2.14 bits per heavy atom. The first-order chi connectivity index (χ1) is 10.1. The van der Waals surface area contributed by atoms with E-state index in [1.807, 2.05) is 43.5 Å². The molecule has 0 aromatic heterocycles. The van der Waals surface area contributed by atoms with Crippen molar-refractivity contribution in [2.24, 2.45) is 0 Å². The van der Waals surface area contributed by atoms with Crippen LogP contribution in [0.15, 0.2) is 42.5 Å². The van der Waals surface area contributed by atoms with Crippen LogP contribution >= 0.6 is 0 Å². The fourth-order valence-electron chi connectivity index (χ4n) is 1.95. The van der Waals surface area contributed by atoms with Crippen molar-refractivity contribution in [1.29, 1.82) is 0 Å². The van der Waals surface area contributed by atoms with E-state index in [4.69, 9.17) is 0 Å². The third-order valence-corrected chi connectivity index (χ3v) is 3.17. The lowest BCUT2D eigenvalue weighted by atomic mass is 10.1. The van der Waals surface area contributed by atoms with Gasteiger partial charge < -0.3 is 10.6 Å². The van der Waals surface area contributed by atoms with Gasteiger partial charge in [0.05, 0.1) is 10.5 Å². The molecule has 0 heterocycles. The Bertz CT molecular complexity index is 664. The van der Waals surface area contributed by atoms with E-state index in [0.29, 0.717) is 5.56 Å². The fourth-order valence-corrected chi connectivity index (χ4v) is 1.95. The molecule has 0 unspecified atom stereocenters. The van der Waals surface area contributed by atoms with Crippen LogP contribution in [0.1, 0.15) is 11.1 Å². The molecule has 108 valence electrons. The molecule has 0 fully saturated rings. The molecule has 0 aliphatic carbocycles.